The molecule has 0 spiro atoms. The lowest BCUT2D eigenvalue weighted by atomic mass is 10.2. The van der Waals surface area contributed by atoms with Crippen LogP contribution in [0.15, 0.2) is 36.5 Å². The lowest BCUT2D eigenvalue weighted by molar-refractivity contribution is 0.195. The van der Waals surface area contributed by atoms with Crippen molar-refractivity contribution in [3.8, 4) is 0 Å². The minimum Gasteiger partial charge on any atom is -0.379 e. The van der Waals surface area contributed by atoms with Gasteiger partial charge in [0.25, 0.3) is 0 Å². The van der Waals surface area contributed by atoms with Crippen molar-refractivity contribution in [1.29, 1.82) is 0 Å². The average molecular weight is 282 g/mol. The molecule has 0 amide bonds. The van der Waals surface area contributed by atoms with Crippen molar-refractivity contribution >= 4 is 17.5 Å². The summed E-state index contributed by atoms with van der Waals surface area (Å²) in [6.45, 7) is 2.53. The highest BCUT2D eigenvalue weighted by Crippen LogP contribution is 2.33. The number of fused-ring (bicyclic) bond motifs is 1. The van der Waals surface area contributed by atoms with Crippen LogP contribution < -0.4 is 10.2 Å². The van der Waals surface area contributed by atoms with E-state index in [1.54, 1.807) is 0 Å². The zero-order valence-electron chi connectivity index (χ0n) is 11.8. The molecule has 0 radical (unpaired) electrons. The molecule has 0 bridgehead atoms. The summed E-state index contributed by atoms with van der Waals surface area (Å²) in [5.41, 5.74) is 2.64. The molecule has 21 heavy (non-hydrogen) atoms. The summed E-state index contributed by atoms with van der Waals surface area (Å²) in [6.07, 6.45) is 3.90. The SMILES string of the molecule is c1ccc2c(c1)CCN2c1ccnc(N[C@H]2CCOC2)n1. The van der Waals surface area contributed by atoms with Crippen molar-refractivity contribution in [2.75, 3.05) is 30.0 Å². The van der Waals surface area contributed by atoms with E-state index in [1.165, 1.54) is 11.3 Å². The lowest BCUT2D eigenvalue weighted by Gasteiger charge is -2.19. The van der Waals surface area contributed by atoms with E-state index >= 15 is 0 Å². The first kappa shape index (κ1) is 12.6. The Kier molecular flexibility index (Phi) is 3.20. The highest BCUT2D eigenvalue weighted by atomic mass is 16.5. The fourth-order valence-electron chi connectivity index (χ4n) is 2.98. The molecule has 2 aromatic rings. The summed E-state index contributed by atoms with van der Waals surface area (Å²) >= 11 is 0. The summed E-state index contributed by atoms with van der Waals surface area (Å²) in [6, 6.07) is 10.8. The maximum absolute atomic E-state index is 5.38. The van der Waals surface area contributed by atoms with Crippen LogP contribution in [0.3, 0.4) is 0 Å². The van der Waals surface area contributed by atoms with Crippen LogP contribution in [0, 0.1) is 0 Å². The van der Waals surface area contributed by atoms with E-state index in [4.69, 9.17) is 4.74 Å². The average Bonchev–Trinajstić information content (AvgIpc) is 3.16. The van der Waals surface area contributed by atoms with Gasteiger partial charge in [-0.15, -0.1) is 0 Å². The minimum atomic E-state index is 0.325. The maximum Gasteiger partial charge on any atom is 0.224 e. The standard InChI is InChI=1S/C16H18N4O/c1-2-4-14-12(3-1)6-9-20(14)15-5-8-17-16(19-15)18-13-7-10-21-11-13/h1-5,8,13H,6-7,9-11H2,(H,17,18,19)/t13-/m0/s1. The molecule has 3 heterocycles. The Balaban J connectivity index is 1.58. The highest BCUT2D eigenvalue weighted by Gasteiger charge is 2.22. The van der Waals surface area contributed by atoms with Gasteiger partial charge < -0.3 is 15.0 Å². The van der Waals surface area contributed by atoms with Gasteiger partial charge in [0, 0.05) is 25.0 Å². The van der Waals surface area contributed by atoms with Crippen LogP contribution >= 0.6 is 0 Å². The summed E-state index contributed by atoms with van der Waals surface area (Å²) in [4.78, 5) is 11.2. The second-order valence-corrected chi connectivity index (χ2v) is 5.47. The minimum absolute atomic E-state index is 0.325. The van der Waals surface area contributed by atoms with E-state index < -0.39 is 0 Å². The number of rotatable bonds is 3. The van der Waals surface area contributed by atoms with Crippen LogP contribution in [0.4, 0.5) is 17.5 Å². The molecule has 1 atom stereocenters. The molecule has 5 nitrogen and oxygen atoms in total. The van der Waals surface area contributed by atoms with Crippen LogP contribution in [0.1, 0.15) is 12.0 Å². The second-order valence-electron chi connectivity index (χ2n) is 5.47. The van der Waals surface area contributed by atoms with E-state index in [1.807, 2.05) is 12.3 Å². The molecule has 0 unspecified atom stereocenters. The number of hydrogen-bond acceptors (Lipinski definition) is 5. The van der Waals surface area contributed by atoms with Crippen molar-refractivity contribution in [1.82, 2.24) is 9.97 Å². The molecule has 0 aliphatic carbocycles. The van der Waals surface area contributed by atoms with Gasteiger partial charge in [-0.05, 0) is 30.5 Å². The number of para-hydroxylation sites is 1. The van der Waals surface area contributed by atoms with E-state index in [9.17, 15) is 0 Å². The molecule has 1 aromatic carbocycles. The summed E-state index contributed by atoms with van der Waals surface area (Å²) in [5, 5.41) is 3.35. The summed E-state index contributed by atoms with van der Waals surface area (Å²) in [7, 11) is 0. The first-order valence-corrected chi connectivity index (χ1v) is 7.43. The smallest absolute Gasteiger partial charge is 0.224 e. The highest BCUT2D eigenvalue weighted by molar-refractivity contribution is 5.67. The van der Waals surface area contributed by atoms with E-state index in [0.29, 0.717) is 12.0 Å². The monoisotopic (exact) mass is 282 g/mol. The summed E-state index contributed by atoms with van der Waals surface area (Å²) < 4.78 is 5.38. The molecule has 2 aliphatic rings. The van der Waals surface area contributed by atoms with Crippen molar-refractivity contribution in [2.45, 2.75) is 18.9 Å². The summed E-state index contributed by atoms with van der Waals surface area (Å²) in [5.74, 6) is 1.64. The number of hydrogen-bond donors (Lipinski definition) is 1. The Hall–Kier alpha value is -2.14. The van der Waals surface area contributed by atoms with Gasteiger partial charge in [0.15, 0.2) is 0 Å². The Morgan fingerprint density at radius 1 is 1.24 bits per heavy atom. The molecule has 5 heteroatoms. The molecule has 1 fully saturated rings. The predicted octanol–water partition coefficient (Wildman–Crippen LogP) is 2.37. The number of anilines is 3. The number of aromatic nitrogens is 2. The van der Waals surface area contributed by atoms with Crippen LogP contribution in [0.5, 0.6) is 0 Å². The largest absolute Gasteiger partial charge is 0.379 e. The first-order valence-electron chi connectivity index (χ1n) is 7.43. The van der Waals surface area contributed by atoms with Crippen molar-refractivity contribution in [3.05, 3.63) is 42.1 Å². The fourth-order valence-corrected chi connectivity index (χ4v) is 2.98. The van der Waals surface area contributed by atoms with Crippen molar-refractivity contribution in [3.63, 3.8) is 0 Å². The molecular formula is C16H18N4O. The number of nitrogens with one attached hydrogen (secondary N) is 1. The molecule has 4 rings (SSSR count). The van der Waals surface area contributed by atoms with Gasteiger partial charge in [0.2, 0.25) is 5.95 Å². The van der Waals surface area contributed by atoms with Crippen molar-refractivity contribution < 1.29 is 4.74 Å². The third-order valence-corrected chi connectivity index (χ3v) is 4.07. The zero-order chi connectivity index (χ0) is 14.1. The molecule has 2 aliphatic heterocycles. The topological polar surface area (TPSA) is 50.3 Å². The quantitative estimate of drug-likeness (QED) is 0.936. The number of ether oxygens (including phenoxy) is 1. The van der Waals surface area contributed by atoms with Crippen molar-refractivity contribution in [2.24, 2.45) is 0 Å². The lowest BCUT2D eigenvalue weighted by Crippen LogP contribution is -2.22. The molecule has 1 aromatic heterocycles. The van der Waals surface area contributed by atoms with Gasteiger partial charge in [-0.25, -0.2) is 4.98 Å². The molecule has 1 N–H and O–H groups in total. The van der Waals surface area contributed by atoms with E-state index in [0.717, 1.165) is 38.4 Å². The molecular weight excluding hydrogens is 264 g/mol. The van der Waals surface area contributed by atoms with Gasteiger partial charge in [-0.2, -0.15) is 4.98 Å². The van der Waals surface area contributed by atoms with Gasteiger partial charge >= 0.3 is 0 Å². The van der Waals surface area contributed by atoms with Crippen LogP contribution in [0.2, 0.25) is 0 Å². The Morgan fingerprint density at radius 2 is 2.19 bits per heavy atom. The predicted molar refractivity (Wildman–Crippen MR) is 82.0 cm³/mol. The fraction of sp³-hybridized carbons (Fsp3) is 0.375. The number of benzene rings is 1. The maximum atomic E-state index is 5.38. The van der Waals surface area contributed by atoms with Crippen LogP contribution in [0.25, 0.3) is 0 Å². The molecule has 1 saturated heterocycles. The van der Waals surface area contributed by atoms with Gasteiger partial charge in [-0.3, -0.25) is 0 Å². The molecule has 108 valence electrons. The second kappa shape index (κ2) is 5.33. The van der Waals surface area contributed by atoms with E-state index in [2.05, 4.69) is 44.5 Å². The van der Waals surface area contributed by atoms with Gasteiger partial charge in [0.1, 0.15) is 5.82 Å². The Labute approximate surface area is 124 Å². The first-order chi connectivity index (χ1) is 10.4. The Morgan fingerprint density at radius 3 is 3.10 bits per heavy atom. The van der Waals surface area contributed by atoms with E-state index in [-0.39, 0.29) is 0 Å². The number of nitrogens with zero attached hydrogens (tertiary/aromatic N) is 3. The third-order valence-electron chi connectivity index (χ3n) is 4.07. The zero-order valence-corrected chi connectivity index (χ0v) is 11.8. The molecule has 0 saturated carbocycles. The van der Waals surface area contributed by atoms with Crippen LogP contribution in [-0.4, -0.2) is 35.8 Å². The van der Waals surface area contributed by atoms with Gasteiger partial charge in [-0.1, -0.05) is 18.2 Å². The Bertz CT molecular complexity index is 640. The van der Waals surface area contributed by atoms with Gasteiger partial charge in [0.05, 0.1) is 12.6 Å². The normalized spacial score (nSPS) is 20.6. The third kappa shape index (κ3) is 2.45. The van der Waals surface area contributed by atoms with Crippen LogP contribution in [-0.2, 0) is 11.2 Å².